The summed E-state index contributed by atoms with van der Waals surface area (Å²) < 4.78 is 5.17. The summed E-state index contributed by atoms with van der Waals surface area (Å²) in [6.45, 7) is -0.195. The molecular weight excluding hydrogens is 260 g/mol. The molecule has 6 heteroatoms. The molecule has 1 N–H and O–H groups in total. The number of amides is 1. The van der Waals surface area contributed by atoms with E-state index in [1.807, 2.05) is 43.3 Å². The Morgan fingerprint density at radius 3 is 2.45 bits per heavy atom. The van der Waals surface area contributed by atoms with Gasteiger partial charge in [0.25, 0.3) is 0 Å². The smallest absolute Gasteiger partial charge is 0.335 e. The van der Waals surface area contributed by atoms with Gasteiger partial charge in [-0.3, -0.25) is 4.79 Å². The summed E-state index contributed by atoms with van der Waals surface area (Å²) in [5, 5.41) is 9.25. The summed E-state index contributed by atoms with van der Waals surface area (Å²) in [4.78, 5) is 26.4. The Kier molecular flexibility index (Phi) is 3.94. The van der Waals surface area contributed by atoms with Crippen LogP contribution in [0.3, 0.4) is 0 Å². The lowest BCUT2D eigenvalue weighted by atomic mass is 9.98. The molecule has 0 radical (unpaired) electrons. The van der Waals surface area contributed by atoms with Crippen LogP contribution in [0, 0.1) is 0 Å². The van der Waals surface area contributed by atoms with E-state index < -0.39 is 18.1 Å². The van der Waals surface area contributed by atoms with E-state index in [0.29, 0.717) is 0 Å². The van der Waals surface area contributed by atoms with Crippen LogP contribution in [0.5, 0.6) is 0 Å². The van der Waals surface area contributed by atoms with Gasteiger partial charge in [0.2, 0.25) is 5.91 Å². The Labute approximate surface area is 117 Å². The van der Waals surface area contributed by atoms with Gasteiger partial charge in [0.05, 0.1) is 6.04 Å². The average molecular weight is 278 g/mol. The first-order valence-corrected chi connectivity index (χ1v) is 6.29. The van der Waals surface area contributed by atoms with E-state index >= 15 is 0 Å². The third-order valence-electron chi connectivity index (χ3n) is 3.48. The molecule has 0 spiro atoms. The zero-order valence-electron chi connectivity index (χ0n) is 11.7. The van der Waals surface area contributed by atoms with Gasteiger partial charge in [0, 0.05) is 26.8 Å². The number of ether oxygens (including phenoxy) is 1. The quantitative estimate of drug-likeness (QED) is 0.883. The lowest BCUT2D eigenvalue weighted by molar-refractivity contribution is -0.171. The predicted molar refractivity (Wildman–Crippen MR) is 73.7 cm³/mol. The molecule has 20 heavy (non-hydrogen) atoms. The molecule has 1 amide bonds. The van der Waals surface area contributed by atoms with Gasteiger partial charge in [-0.15, -0.1) is 0 Å². The zero-order chi connectivity index (χ0) is 14.9. The third kappa shape index (κ3) is 2.60. The highest BCUT2D eigenvalue weighted by atomic mass is 16.5. The highest BCUT2D eigenvalue weighted by Gasteiger charge is 2.39. The Balaban J connectivity index is 2.34. The molecule has 0 bridgehead atoms. The minimum absolute atomic E-state index is 0.195. The molecule has 1 aliphatic rings. The molecule has 1 aromatic rings. The van der Waals surface area contributed by atoms with E-state index in [0.717, 1.165) is 11.3 Å². The largest absolute Gasteiger partial charge is 0.479 e. The van der Waals surface area contributed by atoms with Crippen LogP contribution in [0.2, 0.25) is 0 Å². The van der Waals surface area contributed by atoms with Crippen LogP contribution in [0.25, 0.3) is 0 Å². The molecule has 6 nitrogen and oxygen atoms in total. The fourth-order valence-corrected chi connectivity index (χ4v) is 2.29. The summed E-state index contributed by atoms with van der Waals surface area (Å²) in [6, 6.07) is 6.83. The summed E-state index contributed by atoms with van der Waals surface area (Å²) >= 11 is 0. The van der Waals surface area contributed by atoms with Crippen LogP contribution in [-0.4, -0.2) is 55.7 Å². The zero-order valence-corrected chi connectivity index (χ0v) is 11.7. The molecule has 1 saturated heterocycles. The monoisotopic (exact) mass is 278 g/mol. The average Bonchev–Trinajstić information content (AvgIpc) is 2.41. The molecular formula is C14H18N2O4. The number of anilines is 1. The highest BCUT2D eigenvalue weighted by Crippen LogP contribution is 2.30. The van der Waals surface area contributed by atoms with Gasteiger partial charge in [0.15, 0.2) is 6.10 Å². The van der Waals surface area contributed by atoms with Crippen molar-refractivity contribution in [2.24, 2.45) is 0 Å². The maximum atomic E-state index is 11.7. The van der Waals surface area contributed by atoms with Gasteiger partial charge in [0.1, 0.15) is 6.61 Å². The van der Waals surface area contributed by atoms with Gasteiger partial charge in [-0.2, -0.15) is 0 Å². The lowest BCUT2D eigenvalue weighted by Crippen LogP contribution is -2.50. The topological polar surface area (TPSA) is 70.1 Å². The number of rotatable bonds is 3. The maximum Gasteiger partial charge on any atom is 0.335 e. The van der Waals surface area contributed by atoms with Crippen molar-refractivity contribution in [1.82, 2.24) is 4.90 Å². The van der Waals surface area contributed by atoms with Crippen molar-refractivity contribution in [3.05, 3.63) is 29.8 Å². The van der Waals surface area contributed by atoms with Crippen LogP contribution < -0.4 is 4.90 Å². The summed E-state index contributed by atoms with van der Waals surface area (Å²) in [5.41, 5.74) is 1.75. The van der Waals surface area contributed by atoms with Crippen LogP contribution in [0.1, 0.15) is 11.6 Å². The summed E-state index contributed by atoms with van der Waals surface area (Å²) in [5.74, 6) is -1.28. The van der Waals surface area contributed by atoms with Gasteiger partial charge >= 0.3 is 5.97 Å². The Hall–Kier alpha value is -2.08. The summed E-state index contributed by atoms with van der Waals surface area (Å²) in [7, 11) is 5.45. The number of carboxylic acid groups (broad SMARTS) is 1. The second-order valence-corrected chi connectivity index (χ2v) is 5.01. The summed E-state index contributed by atoms with van der Waals surface area (Å²) in [6.07, 6.45) is -1.04. The molecule has 1 aromatic carbocycles. The molecule has 2 unspecified atom stereocenters. The first-order valence-electron chi connectivity index (χ1n) is 6.29. The number of morpholine rings is 1. The van der Waals surface area contributed by atoms with Crippen molar-refractivity contribution in [2.75, 3.05) is 32.6 Å². The van der Waals surface area contributed by atoms with Crippen molar-refractivity contribution in [3.63, 3.8) is 0 Å². The van der Waals surface area contributed by atoms with Crippen molar-refractivity contribution in [2.45, 2.75) is 12.1 Å². The number of carboxylic acids is 1. The van der Waals surface area contributed by atoms with Crippen LogP contribution in [0.4, 0.5) is 5.69 Å². The van der Waals surface area contributed by atoms with E-state index in [4.69, 9.17) is 4.74 Å². The molecule has 1 aliphatic heterocycles. The van der Waals surface area contributed by atoms with Crippen molar-refractivity contribution >= 4 is 17.6 Å². The third-order valence-corrected chi connectivity index (χ3v) is 3.48. The normalized spacial score (nSPS) is 22.8. The first-order chi connectivity index (χ1) is 9.41. The fraction of sp³-hybridized carbons (Fsp3) is 0.429. The number of benzene rings is 1. The molecule has 1 fully saturated rings. The van der Waals surface area contributed by atoms with Gasteiger partial charge < -0.3 is 19.6 Å². The van der Waals surface area contributed by atoms with Crippen molar-refractivity contribution in [3.8, 4) is 0 Å². The number of hydrogen-bond acceptors (Lipinski definition) is 4. The standard InChI is InChI=1S/C14H18N2O4/c1-15(2)10-6-4-9(5-7-10)12-13(14(18)19)20-8-11(17)16(12)3/h4-7,12-13H,8H2,1-3H3,(H,18,19). The van der Waals surface area contributed by atoms with E-state index in [9.17, 15) is 14.7 Å². The van der Waals surface area contributed by atoms with Crippen LogP contribution >= 0.6 is 0 Å². The highest BCUT2D eigenvalue weighted by molar-refractivity contribution is 5.82. The number of aliphatic carboxylic acids is 1. The van der Waals surface area contributed by atoms with Crippen molar-refractivity contribution in [1.29, 1.82) is 0 Å². The van der Waals surface area contributed by atoms with Crippen LogP contribution in [0.15, 0.2) is 24.3 Å². The fourth-order valence-electron chi connectivity index (χ4n) is 2.29. The molecule has 0 saturated carbocycles. The minimum Gasteiger partial charge on any atom is -0.479 e. The molecule has 2 atom stereocenters. The van der Waals surface area contributed by atoms with Crippen molar-refractivity contribution < 1.29 is 19.4 Å². The SMILES string of the molecule is CN(C)c1ccc(C2C(C(=O)O)OCC(=O)N2C)cc1. The second kappa shape index (κ2) is 5.50. The number of likely N-dealkylation sites (N-methyl/N-ethyl adjacent to an activating group) is 1. The van der Waals surface area contributed by atoms with E-state index in [2.05, 4.69) is 0 Å². The number of carbonyl (C=O) groups excluding carboxylic acids is 1. The van der Waals surface area contributed by atoms with E-state index in [1.54, 1.807) is 7.05 Å². The molecule has 0 aromatic heterocycles. The number of carbonyl (C=O) groups is 2. The Morgan fingerprint density at radius 2 is 1.95 bits per heavy atom. The molecule has 2 rings (SSSR count). The second-order valence-electron chi connectivity index (χ2n) is 5.01. The molecule has 1 heterocycles. The molecule has 0 aliphatic carbocycles. The number of hydrogen-bond donors (Lipinski definition) is 1. The van der Waals surface area contributed by atoms with Gasteiger partial charge in [-0.25, -0.2) is 4.79 Å². The molecule has 108 valence electrons. The minimum atomic E-state index is -1.06. The van der Waals surface area contributed by atoms with E-state index in [-0.39, 0.29) is 12.5 Å². The first kappa shape index (κ1) is 14.3. The van der Waals surface area contributed by atoms with E-state index in [1.165, 1.54) is 4.90 Å². The maximum absolute atomic E-state index is 11.7. The van der Waals surface area contributed by atoms with Gasteiger partial charge in [-0.1, -0.05) is 12.1 Å². The Bertz CT molecular complexity index is 512. The van der Waals surface area contributed by atoms with Gasteiger partial charge in [-0.05, 0) is 17.7 Å². The van der Waals surface area contributed by atoms with Crippen LogP contribution in [-0.2, 0) is 14.3 Å². The number of nitrogens with zero attached hydrogens (tertiary/aromatic N) is 2. The lowest BCUT2D eigenvalue weighted by Gasteiger charge is -2.37. The Morgan fingerprint density at radius 1 is 1.35 bits per heavy atom. The predicted octanol–water partition coefficient (Wildman–Crippen LogP) is 0.735.